The van der Waals surface area contributed by atoms with E-state index in [9.17, 15) is 31.2 Å². The summed E-state index contributed by atoms with van der Waals surface area (Å²) in [7, 11) is -4.14. The van der Waals surface area contributed by atoms with Crippen molar-refractivity contribution in [1.82, 2.24) is 14.5 Å². The van der Waals surface area contributed by atoms with Gasteiger partial charge in [-0.2, -0.15) is 17.5 Å². The second kappa shape index (κ2) is 11.6. The number of hydrogen-bond acceptors (Lipinski definition) is 5. The summed E-state index contributed by atoms with van der Waals surface area (Å²) in [5, 5.41) is 2.99. The Balaban J connectivity index is 1.71. The lowest BCUT2D eigenvalue weighted by Crippen LogP contribution is -2.50. The van der Waals surface area contributed by atoms with Crippen LogP contribution in [-0.2, 0) is 25.7 Å². The molecule has 1 heterocycles. The van der Waals surface area contributed by atoms with Crippen LogP contribution < -0.4 is 5.32 Å². The summed E-state index contributed by atoms with van der Waals surface area (Å²) in [6.45, 7) is 12.0. The molecule has 3 rings (SSSR count). The number of fused-ring (bicyclic) bond motifs is 1. The number of rotatable bonds is 8. The van der Waals surface area contributed by atoms with E-state index < -0.39 is 50.3 Å². The molecule has 12 heteroatoms. The molecular formula is C27H40F3N3O5S. The SMILES string of the molecule is CCN(C(=O)O[C@@H](CC(C)C)C(=O)N[C@H]1CC[C@@H]2CN(S(=O)(=O)c3cccc(C(F)(F)F)c3)C[C@@H]21)C(C)(C)C. The highest BCUT2D eigenvalue weighted by molar-refractivity contribution is 7.89. The highest BCUT2D eigenvalue weighted by atomic mass is 32.2. The van der Waals surface area contributed by atoms with Crippen LogP contribution in [-0.4, -0.2) is 66.9 Å². The molecular weight excluding hydrogens is 535 g/mol. The van der Waals surface area contributed by atoms with Crippen molar-refractivity contribution in [2.24, 2.45) is 17.8 Å². The fraction of sp³-hybridized carbons (Fsp3) is 0.704. The maximum atomic E-state index is 13.3. The Kier molecular flexibility index (Phi) is 9.31. The van der Waals surface area contributed by atoms with Crippen LogP contribution in [0.4, 0.5) is 18.0 Å². The zero-order valence-corrected chi connectivity index (χ0v) is 24.2. The van der Waals surface area contributed by atoms with E-state index in [-0.39, 0.29) is 36.9 Å². The van der Waals surface area contributed by atoms with Crippen LogP contribution >= 0.6 is 0 Å². The molecule has 1 N–H and O–H groups in total. The Morgan fingerprint density at radius 2 is 1.82 bits per heavy atom. The number of ether oxygens (including phenoxy) is 1. The van der Waals surface area contributed by atoms with E-state index in [1.807, 2.05) is 41.5 Å². The van der Waals surface area contributed by atoms with Gasteiger partial charge in [0, 0.05) is 31.2 Å². The summed E-state index contributed by atoms with van der Waals surface area (Å²) in [5.74, 6) is -0.564. The zero-order valence-electron chi connectivity index (χ0n) is 23.4. The molecule has 1 aromatic rings. The molecule has 4 atom stereocenters. The van der Waals surface area contributed by atoms with E-state index in [1.54, 1.807) is 4.90 Å². The highest BCUT2D eigenvalue weighted by Gasteiger charge is 2.47. The summed E-state index contributed by atoms with van der Waals surface area (Å²) in [5.41, 5.74) is -1.51. The Morgan fingerprint density at radius 3 is 2.38 bits per heavy atom. The largest absolute Gasteiger partial charge is 0.436 e. The fourth-order valence-electron chi connectivity index (χ4n) is 5.56. The number of nitrogens with zero attached hydrogens (tertiary/aromatic N) is 2. The summed E-state index contributed by atoms with van der Waals surface area (Å²) in [6.07, 6.45) is -4.58. The summed E-state index contributed by atoms with van der Waals surface area (Å²) >= 11 is 0. The van der Waals surface area contributed by atoms with Gasteiger partial charge in [0.25, 0.3) is 5.91 Å². The average molecular weight is 576 g/mol. The Bertz CT molecular complexity index is 1150. The van der Waals surface area contributed by atoms with Crippen molar-refractivity contribution in [3.63, 3.8) is 0 Å². The maximum Gasteiger partial charge on any atom is 0.416 e. The Labute approximate surface area is 229 Å². The van der Waals surface area contributed by atoms with E-state index >= 15 is 0 Å². The molecule has 8 nitrogen and oxygen atoms in total. The first kappa shape index (κ1) is 31.2. The minimum Gasteiger partial charge on any atom is -0.436 e. The number of hydrogen-bond donors (Lipinski definition) is 1. The number of alkyl halides is 3. The van der Waals surface area contributed by atoms with E-state index in [2.05, 4.69) is 5.32 Å². The minimum atomic E-state index is -4.65. The molecule has 1 saturated heterocycles. The first-order valence-corrected chi connectivity index (χ1v) is 14.8. The van der Waals surface area contributed by atoms with Crippen LogP contribution in [0.3, 0.4) is 0 Å². The molecule has 1 aromatic carbocycles. The third-order valence-corrected chi connectivity index (χ3v) is 9.35. The smallest absolute Gasteiger partial charge is 0.416 e. The van der Waals surface area contributed by atoms with E-state index in [0.717, 1.165) is 12.1 Å². The number of amides is 2. The van der Waals surface area contributed by atoms with Gasteiger partial charge in [-0.15, -0.1) is 0 Å². The first-order valence-electron chi connectivity index (χ1n) is 13.4. The van der Waals surface area contributed by atoms with Gasteiger partial charge in [-0.25, -0.2) is 13.2 Å². The van der Waals surface area contributed by atoms with Crippen molar-refractivity contribution >= 4 is 22.0 Å². The van der Waals surface area contributed by atoms with Crippen molar-refractivity contribution in [2.75, 3.05) is 19.6 Å². The fourth-order valence-corrected chi connectivity index (χ4v) is 7.14. The molecule has 2 aliphatic rings. The molecule has 0 unspecified atom stereocenters. The lowest BCUT2D eigenvalue weighted by molar-refractivity contribution is -0.137. The van der Waals surface area contributed by atoms with Gasteiger partial charge in [0.05, 0.1) is 10.5 Å². The molecule has 1 saturated carbocycles. The maximum absolute atomic E-state index is 13.3. The molecule has 0 aromatic heterocycles. The summed E-state index contributed by atoms with van der Waals surface area (Å²) < 4.78 is 72.8. The first-order chi connectivity index (χ1) is 17.9. The molecule has 1 aliphatic heterocycles. The van der Waals surface area contributed by atoms with Crippen LogP contribution in [0.15, 0.2) is 29.2 Å². The van der Waals surface area contributed by atoms with E-state index in [0.29, 0.717) is 31.9 Å². The highest BCUT2D eigenvalue weighted by Crippen LogP contribution is 2.41. The Morgan fingerprint density at radius 1 is 1.15 bits per heavy atom. The van der Waals surface area contributed by atoms with Gasteiger partial charge in [0.1, 0.15) is 0 Å². The number of halogens is 3. The lowest BCUT2D eigenvalue weighted by Gasteiger charge is -2.35. The van der Waals surface area contributed by atoms with Crippen LogP contribution in [0, 0.1) is 17.8 Å². The van der Waals surface area contributed by atoms with Gasteiger partial charge in [-0.05, 0) is 82.9 Å². The van der Waals surface area contributed by atoms with Gasteiger partial charge in [-0.1, -0.05) is 19.9 Å². The number of carbonyl (C=O) groups excluding carboxylic acids is 2. The zero-order chi connectivity index (χ0) is 29.3. The van der Waals surface area contributed by atoms with E-state index in [1.165, 1.54) is 10.4 Å². The molecule has 1 aliphatic carbocycles. The molecule has 220 valence electrons. The normalized spacial score (nSPS) is 23.0. The van der Waals surface area contributed by atoms with Crippen molar-refractivity contribution in [1.29, 1.82) is 0 Å². The second-order valence-electron chi connectivity index (χ2n) is 11.9. The molecule has 0 bridgehead atoms. The van der Waals surface area contributed by atoms with Gasteiger partial charge in [0.2, 0.25) is 10.0 Å². The van der Waals surface area contributed by atoms with Crippen LogP contribution in [0.5, 0.6) is 0 Å². The quantitative estimate of drug-likeness (QED) is 0.476. The number of nitrogens with one attached hydrogen (secondary N) is 1. The van der Waals surface area contributed by atoms with Crippen LogP contribution in [0.1, 0.15) is 66.4 Å². The third-order valence-electron chi connectivity index (χ3n) is 7.52. The summed E-state index contributed by atoms with van der Waals surface area (Å²) in [4.78, 5) is 27.3. The van der Waals surface area contributed by atoms with Crippen molar-refractivity contribution in [3.05, 3.63) is 29.8 Å². The summed E-state index contributed by atoms with van der Waals surface area (Å²) in [6, 6.07) is 3.42. The number of sulfonamides is 1. The number of benzene rings is 1. The van der Waals surface area contributed by atoms with Crippen molar-refractivity contribution in [3.8, 4) is 0 Å². The molecule has 39 heavy (non-hydrogen) atoms. The second-order valence-corrected chi connectivity index (χ2v) is 13.8. The average Bonchev–Trinajstić information content (AvgIpc) is 3.40. The van der Waals surface area contributed by atoms with Gasteiger partial charge in [0.15, 0.2) is 6.10 Å². The predicted molar refractivity (Wildman–Crippen MR) is 140 cm³/mol. The monoisotopic (exact) mass is 575 g/mol. The van der Waals surface area contributed by atoms with Crippen LogP contribution in [0.25, 0.3) is 0 Å². The minimum absolute atomic E-state index is 0.0292. The van der Waals surface area contributed by atoms with Crippen molar-refractivity contribution in [2.45, 2.75) is 89.6 Å². The predicted octanol–water partition coefficient (Wildman–Crippen LogP) is 4.89. The van der Waals surface area contributed by atoms with Gasteiger partial charge >= 0.3 is 12.3 Å². The third kappa shape index (κ3) is 7.25. The van der Waals surface area contributed by atoms with Gasteiger partial charge < -0.3 is 15.0 Å². The van der Waals surface area contributed by atoms with Crippen LogP contribution in [0.2, 0.25) is 0 Å². The topological polar surface area (TPSA) is 96.0 Å². The lowest BCUT2D eigenvalue weighted by atomic mass is 9.97. The molecule has 2 fully saturated rings. The Hall–Kier alpha value is -2.34. The standard InChI is InChI=1S/C27H40F3N3O5S/c1-7-33(26(4,5)6)25(35)38-23(13-17(2)3)24(34)31-22-12-11-18-15-32(16-21(18)22)39(36,37)20-10-8-9-19(14-20)27(28,29)30/h8-10,14,17-18,21-23H,7,11-13,15-16H2,1-6H3,(H,31,34)/t18-,21+,22+,23+/m1/s1. The van der Waals surface area contributed by atoms with Gasteiger partial charge in [-0.3, -0.25) is 4.79 Å². The molecule has 2 amide bonds. The van der Waals surface area contributed by atoms with E-state index in [4.69, 9.17) is 4.74 Å². The number of carbonyl (C=O) groups is 2. The molecule has 0 spiro atoms. The molecule has 0 radical (unpaired) electrons. The van der Waals surface area contributed by atoms with Crippen molar-refractivity contribution < 1.29 is 35.9 Å².